The van der Waals surface area contributed by atoms with Crippen LogP contribution in [-0.2, 0) is 6.42 Å². The van der Waals surface area contributed by atoms with E-state index in [1.807, 2.05) is 12.1 Å². The van der Waals surface area contributed by atoms with Crippen molar-refractivity contribution in [2.24, 2.45) is 0 Å². The van der Waals surface area contributed by atoms with Gasteiger partial charge in [0, 0.05) is 32.0 Å². The van der Waals surface area contributed by atoms with Crippen LogP contribution in [0.15, 0.2) is 42.7 Å². The van der Waals surface area contributed by atoms with Gasteiger partial charge in [0.15, 0.2) is 0 Å². The van der Waals surface area contributed by atoms with Crippen LogP contribution < -0.4 is 5.32 Å². The number of nitrogens with one attached hydrogen (secondary N) is 1. The van der Waals surface area contributed by atoms with Crippen molar-refractivity contribution in [3.63, 3.8) is 0 Å². The van der Waals surface area contributed by atoms with Gasteiger partial charge < -0.3 is 10.2 Å². The maximum absolute atomic E-state index is 12.7. The molecule has 142 valence electrons. The van der Waals surface area contributed by atoms with Crippen molar-refractivity contribution in [1.29, 1.82) is 0 Å². The number of nitrogens with zero attached hydrogens (tertiary/aromatic N) is 3. The van der Waals surface area contributed by atoms with Gasteiger partial charge in [-0.2, -0.15) is 0 Å². The zero-order valence-corrected chi connectivity index (χ0v) is 15.7. The van der Waals surface area contributed by atoms with Gasteiger partial charge in [0.2, 0.25) is 0 Å². The Morgan fingerprint density at radius 2 is 1.78 bits per heavy atom. The summed E-state index contributed by atoms with van der Waals surface area (Å²) < 4.78 is 0. The van der Waals surface area contributed by atoms with Crippen LogP contribution >= 0.6 is 0 Å². The second-order valence-corrected chi connectivity index (χ2v) is 7.05. The fourth-order valence-corrected chi connectivity index (χ4v) is 3.33. The van der Waals surface area contributed by atoms with E-state index in [1.165, 1.54) is 6.42 Å². The molecule has 2 aromatic rings. The Hall–Kier alpha value is -2.76. The Morgan fingerprint density at radius 3 is 2.52 bits per heavy atom. The van der Waals surface area contributed by atoms with E-state index in [1.54, 1.807) is 42.5 Å². The molecule has 1 N–H and O–H groups in total. The van der Waals surface area contributed by atoms with Crippen LogP contribution in [0.4, 0.5) is 0 Å². The van der Waals surface area contributed by atoms with Gasteiger partial charge in [-0.15, -0.1) is 0 Å². The van der Waals surface area contributed by atoms with Gasteiger partial charge in [0.05, 0.1) is 0 Å². The number of aromatic nitrogens is 2. The number of hydrogen-bond acceptors (Lipinski definition) is 4. The lowest BCUT2D eigenvalue weighted by Crippen LogP contribution is -2.37. The fourth-order valence-electron chi connectivity index (χ4n) is 3.33. The third-order valence-corrected chi connectivity index (χ3v) is 4.97. The lowest BCUT2D eigenvalue weighted by molar-refractivity contribution is 0.0790. The lowest BCUT2D eigenvalue weighted by atomic mass is 9.95. The second-order valence-electron chi connectivity index (χ2n) is 7.05. The zero-order valence-electron chi connectivity index (χ0n) is 15.7. The van der Waals surface area contributed by atoms with Gasteiger partial charge in [-0.25, -0.2) is 4.98 Å². The predicted molar refractivity (Wildman–Crippen MR) is 103 cm³/mol. The molecule has 1 aliphatic rings. The van der Waals surface area contributed by atoms with Crippen LogP contribution in [-0.4, -0.2) is 46.3 Å². The minimum absolute atomic E-state index is 0.184. The molecule has 0 radical (unpaired) electrons. The molecule has 0 aromatic carbocycles. The normalized spacial score (nSPS) is 14.6. The third-order valence-electron chi connectivity index (χ3n) is 4.97. The molecule has 0 bridgehead atoms. The average Bonchev–Trinajstić information content (AvgIpc) is 2.73. The summed E-state index contributed by atoms with van der Waals surface area (Å²) in [6.07, 6.45) is 9.80. The standard InChI is InChI=1S/C21H26N4O2/c1-25(15-12-16-10-13-22-14-11-16)21(27)19-9-5-8-18(24-19)20(26)23-17-6-3-2-4-7-17/h5,8-11,13-14,17H,2-4,6-7,12,15H2,1H3,(H,23,26). The highest BCUT2D eigenvalue weighted by Crippen LogP contribution is 2.17. The average molecular weight is 366 g/mol. The van der Waals surface area contributed by atoms with Gasteiger partial charge in [0.1, 0.15) is 11.4 Å². The van der Waals surface area contributed by atoms with Crippen LogP contribution in [0.1, 0.15) is 58.6 Å². The number of pyridine rings is 2. The Labute approximate surface area is 160 Å². The van der Waals surface area contributed by atoms with Crippen molar-refractivity contribution in [3.8, 4) is 0 Å². The number of carbonyl (C=O) groups is 2. The van der Waals surface area contributed by atoms with Crippen LogP contribution in [0.5, 0.6) is 0 Å². The van der Waals surface area contributed by atoms with Crippen LogP contribution in [0, 0.1) is 0 Å². The van der Waals surface area contributed by atoms with Gasteiger partial charge in [-0.3, -0.25) is 14.6 Å². The minimum atomic E-state index is -0.198. The van der Waals surface area contributed by atoms with E-state index in [0.717, 1.165) is 37.7 Å². The molecule has 0 unspecified atom stereocenters. The molecule has 1 fully saturated rings. The lowest BCUT2D eigenvalue weighted by Gasteiger charge is -2.22. The van der Waals surface area contributed by atoms with Crippen molar-refractivity contribution in [1.82, 2.24) is 20.2 Å². The molecule has 2 heterocycles. The maximum Gasteiger partial charge on any atom is 0.272 e. The molecule has 0 aliphatic heterocycles. The Kier molecular flexibility index (Phi) is 6.52. The molecule has 1 saturated carbocycles. The van der Waals surface area contributed by atoms with E-state index < -0.39 is 0 Å². The van der Waals surface area contributed by atoms with Gasteiger partial charge in [-0.05, 0) is 49.1 Å². The summed E-state index contributed by atoms with van der Waals surface area (Å²) >= 11 is 0. The minimum Gasteiger partial charge on any atom is -0.348 e. The number of hydrogen-bond donors (Lipinski definition) is 1. The molecule has 2 amide bonds. The number of carbonyl (C=O) groups excluding carboxylic acids is 2. The van der Waals surface area contributed by atoms with Crippen LogP contribution in [0.25, 0.3) is 0 Å². The first-order chi connectivity index (χ1) is 13.1. The quantitative estimate of drug-likeness (QED) is 0.853. The van der Waals surface area contributed by atoms with Gasteiger partial charge >= 0.3 is 0 Å². The van der Waals surface area contributed by atoms with Crippen LogP contribution in [0.3, 0.4) is 0 Å². The van der Waals surface area contributed by atoms with E-state index in [-0.39, 0.29) is 17.9 Å². The topological polar surface area (TPSA) is 75.2 Å². The Morgan fingerprint density at radius 1 is 1.07 bits per heavy atom. The SMILES string of the molecule is CN(CCc1ccncc1)C(=O)c1cccc(C(=O)NC2CCCCC2)n1. The van der Waals surface area contributed by atoms with E-state index in [4.69, 9.17) is 0 Å². The first-order valence-electron chi connectivity index (χ1n) is 9.56. The molecule has 27 heavy (non-hydrogen) atoms. The van der Waals surface area contributed by atoms with Gasteiger partial charge in [-0.1, -0.05) is 25.3 Å². The summed E-state index contributed by atoms with van der Waals surface area (Å²) in [5.74, 6) is -0.382. The molecular formula is C21H26N4O2. The van der Waals surface area contributed by atoms with E-state index in [9.17, 15) is 9.59 Å². The molecule has 6 nitrogen and oxygen atoms in total. The molecule has 0 atom stereocenters. The van der Waals surface area contributed by atoms with Crippen molar-refractivity contribution >= 4 is 11.8 Å². The Bertz CT molecular complexity index is 773. The van der Waals surface area contributed by atoms with E-state index in [0.29, 0.717) is 17.9 Å². The highest BCUT2D eigenvalue weighted by molar-refractivity contribution is 5.96. The van der Waals surface area contributed by atoms with E-state index >= 15 is 0 Å². The highest BCUT2D eigenvalue weighted by atomic mass is 16.2. The summed E-state index contributed by atoms with van der Waals surface area (Å²) in [6, 6.07) is 9.12. The van der Waals surface area contributed by atoms with Crippen molar-refractivity contribution < 1.29 is 9.59 Å². The maximum atomic E-state index is 12.7. The Balaban J connectivity index is 1.59. The molecular weight excluding hydrogens is 340 g/mol. The fraction of sp³-hybridized carbons (Fsp3) is 0.429. The summed E-state index contributed by atoms with van der Waals surface area (Å²) in [7, 11) is 1.75. The first kappa shape index (κ1) is 19.0. The predicted octanol–water partition coefficient (Wildman–Crippen LogP) is 2.85. The highest BCUT2D eigenvalue weighted by Gasteiger charge is 2.19. The molecule has 1 aliphatic carbocycles. The number of rotatable bonds is 6. The second kappa shape index (κ2) is 9.26. The summed E-state index contributed by atoms with van der Waals surface area (Å²) in [4.78, 5) is 35.0. The zero-order chi connectivity index (χ0) is 19.1. The van der Waals surface area contributed by atoms with Crippen molar-refractivity contribution in [2.75, 3.05) is 13.6 Å². The number of amides is 2. The molecule has 3 rings (SSSR count). The van der Waals surface area contributed by atoms with E-state index in [2.05, 4.69) is 15.3 Å². The molecule has 6 heteroatoms. The number of likely N-dealkylation sites (N-methyl/N-ethyl adjacent to an activating group) is 1. The van der Waals surface area contributed by atoms with Gasteiger partial charge in [0.25, 0.3) is 11.8 Å². The largest absolute Gasteiger partial charge is 0.348 e. The van der Waals surface area contributed by atoms with Crippen LogP contribution in [0.2, 0.25) is 0 Å². The summed E-state index contributed by atoms with van der Waals surface area (Å²) in [6.45, 7) is 0.572. The van der Waals surface area contributed by atoms with Crippen molar-refractivity contribution in [3.05, 3.63) is 59.7 Å². The summed E-state index contributed by atoms with van der Waals surface area (Å²) in [5, 5.41) is 3.04. The third kappa shape index (κ3) is 5.36. The molecule has 2 aromatic heterocycles. The monoisotopic (exact) mass is 366 g/mol. The summed E-state index contributed by atoms with van der Waals surface area (Å²) in [5.41, 5.74) is 1.72. The molecule has 0 spiro atoms. The smallest absolute Gasteiger partial charge is 0.272 e. The van der Waals surface area contributed by atoms with Crippen molar-refractivity contribution in [2.45, 2.75) is 44.6 Å². The molecule has 0 saturated heterocycles. The first-order valence-corrected chi connectivity index (χ1v) is 9.56.